The van der Waals surface area contributed by atoms with Crippen LogP contribution in [-0.4, -0.2) is 13.1 Å². The number of hydrogen-bond acceptors (Lipinski definition) is 1. The monoisotopic (exact) mass is 183 g/mol. The Hall–Kier alpha value is -0.0400. The first kappa shape index (κ1) is 11.0. The summed E-state index contributed by atoms with van der Waals surface area (Å²) in [4.78, 5) is 0. The van der Waals surface area contributed by atoms with Crippen molar-refractivity contribution in [2.75, 3.05) is 13.1 Å². The van der Waals surface area contributed by atoms with Crippen molar-refractivity contribution >= 4 is 0 Å². The van der Waals surface area contributed by atoms with Crippen LogP contribution >= 0.6 is 0 Å². The lowest BCUT2D eigenvalue weighted by Crippen LogP contribution is -2.34. The molecule has 0 amide bonds. The zero-order valence-corrected chi connectivity index (χ0v) is 9.31. The molecule has 1 fully saturated rings. The van der Waals surface area contributed by atoms with Crippen LogP contribution in [0.2, 0.25) is 0 Å². The number of rotatable bonds is 5. The van der Waals surface area contributed by atoms with E-state index in [9.17, 15) is 0 Å². The quantitative estimate of drug-likeness (QED) is 0.690. The normalized spacial score (nSPS) is 23.8. The lowest BCUT2D eigenvalue weighted by Gasteiger charge is -2.30. The summed E-state index contributed by atoms with van der Waals surface area (Å²) < 4.78 is 0. The van der Waals surface area contributed by atoms with Crippen molar-refractivity contribution < 1.29 is 0 Å². The third-order valence-corrected chi connectivity index (χ3v) is 3.32. The van der Waals surface area contributed by atoms with E-state index in [1.165, 1.54) is 51.6 Å². The Morgan fingerprint density at radius 1 is 1.23 bits per heavy atom. The topological polar surface area (TPSA) is 12.0 Å². The highest BCUT2D eigenvalue weighted by atomic mass is 14.9. The zero-order chi connectivity index (χ0) is 9.52. The van der Waals surface area contributed by atoms with E-state index in [1.54, 1.807) is 0 Å². The molecule has 1 heteroatoms. The van der Waals surface area contributed by atoms with E-state index in [-0.39, 0.29) is 0 Å². The highest BCUT2D eigenvalue weighted by molar-refractivity contribution is 4.75. The zero-order valence-electron chi connectivity index (χ0n) is 9.31. The summed E-state index contributed by atoms with van der Waals surface area (Å²) in [7, 11) is 0. The molecule has 0 saturated carbocycles. The van der Waals surface area contributed by atoms with Gasteiger partial charge in [0.05, 0.1) is 0 Å². The molecule has 0 aromatic carbocycles. The SMILES string of the molecule is CCCC(CCC)C1CCCNC1. The van der Waals surface area contributed by atoms with E-state index in [4.69, 9.17) is 0 Å². The van der Waals surface area contributed by atoms with E-state index >= 15 is 0 Å². The largest absolute Gasteiger partial charge is 0.316 e. The van der Waals surface area contributed by atoms with Gasteiger partial charge in [0.25, 0.3) is 0 Å². The van der Waals surface area contributed by atoms with Crippen LogP contribution in [0.1, 0.15) is 52.4 Å². The summed E-state index contributed by atoms with van der Waals surface area (Å²) in [6.07, 6.45) is 8.48. The first-order valence-corrected chi connectivity index (χ1v) is 6.09. The fourth-order valence-electron chi connectivity index (χ4n) is 2.64. The van der Waals surface area contributed by atoms with Crippen molar-refractivity contribution in [3.63, 3.8) is 0 Å². The van der Waals surface area contributed by atoms with Gasteiger partial charge in [0, 0.05) is 0 Å². The molecule has 0 bridgehead atoms. The van der Waals surface area contributed by atoms with Gasteiger partial charge in [-0.05, 0) is 37.8 Å². The molecule has 1 unspecified atom stereocenters. The molecule has 0 aromatic heterocycles. The van der Waals surface area contributed by atoms with Gasteiger partial charge in [0.15, 0.2) is 0 Å². The Balaban J connectivity index is 2.32. The number of hydrogen-bond donors (Lipinski definition) is 1. The lowest BCUT2D eigenvalue weighted by atomic mass is 9.81. The van der Waals surface area contributed by atoms with E-state index < -0.39 is 0 Å². The number of piperidine rings is 1. The van der Waals surface area contributed by atoms with Crippen molar-refractivity contribution in [3.05, 3.63) is 0 Å². The minimum atomic E-state index is 0.980. The van der Waals surface area contributed by atoms with E-state index in [0.717, 1.165) is 11.8 Å². The third kappa shape index (κ3) is 3.68. The molecule has 0 spiro atoms. The second kappa shape index (κ2) is 6.42. The van der Waals surface area contributed by atoms with Gasteiger partial charge >= 0.3 is 0 Å². The molecule has 1 aliphatic rings. The van der Waals surface area contributed by atoms with Crippen molar-refractivity contribution in [2.24, 2.45) is 11.8 Å². The van der Waals surface area contributed by atoms with Gasteiger partial charge in [-0.2, -0.15) is 0 Å². The maximum atomic E-state index is 3.53. The Morgan fingerprint density at radius 3 is 2.38 bits per heavy atom. The third-order valence-electron chi connectivity index (χ3n) is 3.32. The van der Waals surface area contributed by atoms with Gasteiger partial charge in [0.2, 0.25) is 0 Å². The Morgan fingerprint density at radius 2 is 1.92 bits per heavy atom. The molecular formula is C12H25N. The summed E-state index contributed by atoms with van der Waals surface area (Å²) in [5.74, 6) is 1.98. The van der Waals surface area contributed by atoms with Crippen LogP contribution in [0.25, 0.3) is 0 Å². The maximum Gasteiger partial charge on any atom is -0.00179 e. The molecule has 1 rings (SSSR count). The summed E-state index contributed by atoms with van der Waals surface area (Å²) >= 11 is 0. The molecular weight excluding hydrogens is 158 g/mol. The molecule has 0 radical (unpaired) electrons. The Labute approximate surface area is 83.3 Å². The molecule has 1 aliphatic heterocycles. The van der Waals surface area contributed by atoms with Crippen LogP contribution in [-0.2, 0) is 0 Å². The minimum Gasteiger partial charge on any atom is -0.316 e. The van der Waals surface area contributed by atoms with Gasteiger partial charge in [-0.3, -0.25) is 0 Å². The predicted octanol–water partition coefficient (Wildman–Crippen LogP) is 3.20. The minimum absolute atomic E-state index is 0.980. The van der Waals surface area contributed by atoms with Gasteiger partial charge < -0.3 is 5.32 Å². The molecule has 1 saturated heterocycles. The molecule has 78 valence electrons. The highest BCUT2D eigenvalue weighted by Crippen LogP contribution is 2.27. The van der Waals surface area contributed by atoms with Crippen LogP contribution in [0.15, 0.2) is 0 Å². The highest BCUT2D eigenvalue weighted by Gasteiger charge is 2.21. The molecule has 1 heterocycles. The predicted molar refractivity (Wildman–Crippen MR) is 58.9 cm³/mol. The standard InChI is InChI=1S/C12H25N/c1-3-6-11(7-4-2)12-8-5-9-13-10-12/h11-13H,3-10H2,1-2H3. The molecule has 0 aromatic rings. The summed E-state index contributed by atoms with van der Waals surface area (Å²) in [5.41, 5.74) is 0. The summed E-state index contributed by atoms with van der Waals surface area (Å²) in [6.45, 7) is 7.17. The van der Waals surface area contributed by atoms with Crippen LogP contribution in [0.3, 0.4) is 0 Å². The van der Waals surface area contributed by atoms with Crippen molar-refractivity contribution in [2.45, 2.75) is 52.4 Å². The fourth-order valence-corrected chi connectivity index (χ4v) is 2.64. The average molecular weight is 183 g/mol. The van der Waals surface area contributed by atoms with E-state index in [2.05, 4.69) is 19.2 Å². The van der Waals surface area contributed by atoms with Crippen LogP contribution in [0, 0.1) is 11.8 Å². The molecule has 1 N–H and O–H groups in total. The van der Waals surface area contributed by atoms with E-state index in [0.29, 0.717) is 0 Å². The van der Waals surface area contributed by atoms with Crippen LogP contribution in [0.5, 0.6) is 0 Å². The van der Waals surface area contributed by atoms with Crippen LogP contribution < -0.4 is 5.32 Å². The fraction of sp³-hybridized carbons (Fsp3) is 1.00. The molecule has 13 heavy (non-hydrogen) atoms. The van der Waals surface area contributed by atoms with Gasteiger partial charge in [0.1, 0.15) is 0 Å². The summed E-state index contributed by atoms with van der Waals surface area (Å²) in [6, 6.07) is 0. The smallest absolute Gasteiger partial charge is 0.00179 e. The summed E-state index contributed by atoms with van der Waals surface area (Å²) in [5, 5.41) is 3.53. The Kier molecular flexibility index (Phi) is 5.45. The van der Waals surface area contributed by atoms with Crippen LogP contribution in [0.4, 0.5) is 0 Å². The maximum absolute atomic E-state index is 3.53. The molecule has 1 nitrogen and oxygen atoms in total. The van der Waals surface area contributed by atoms with E-state index in [1.807, 2.05) is 0 Å². The second-order valence-electron chi connectivity index (χ2n) is 4.44. The van der Waals surface area contributed by atoms with Gasteiger partial charge in [-0.25, -0.2) is 0 Å². The van der Waals surface area contributed by atoms with Crippen molar-refractivity contribution in [3.8, 4) is 0 Å². The number of nitrogens with one attached hydrogen (secondary N) is 1. The molecule has 0 aliphatic carbocycles. The second-order valence-corrected chi connectivity index (χ2v) is 4.44. The van der Waals surface area contributed by atoms with Gasteiger partial charge in [-0.15, -0.1) is 0 Å². The first-order chi connectivity index (χ1) is 6.38. The van der Waals surface area contributed by atoms with Gasteiger partial charge in [-0.1, -0.05) is 39.5 Å². The lowest BCUT2D eigenvalue weighted by molar-refractivity contribution is 0.236. The Bertz CT molecular complexity index is 110. The van der Waals surface area contributed by atoms with Crippen molar-refractivity contribution in [1.29, 1.82) is 0 Å². The first-order valence-electron chi connectivity index (χ1n) is 6.09. The molecule has 1 atom stereocenters. The van der Waals surface area contributed by atoms with Crippen molar-refractivity contribution in [1.82, 2.24) is 5.32 Å². The average Bonchev–Trinajstić information content (AvgIpc) is 2.19.